The number of hydrogen-bond acceptors (Lipinski definition) is 4. The first kappa shape index (κ1) is 28.2. The second-order valence-electron chi connectivity index (χ2n) is 12.3. The number of aromatic hydroxyl groups is 1. The van der Waals surface area contributed by atoms with Gasteiger partial charge in [0.15, 0.2) is 0 Å². The fourth-order valence-electron chi connectivity index (χ4n) is 6.72. The van der Waals surface area contributed by atoms with Gasteiger partial charge in [-0.25, -0.2) is 0 Å². The van der Waals surface area contributed by atoms with E-state index in [0.29, 0.717) is 36.9 Å². The van der Waals surface area contributed by atoms with E-state index in [1.807, 2.05) is 104 Å². The highest BCUT2D eigenvalue weighted by Gasteiger charge is 2.48. The zero-order chi connectivity index (χ0) is 30.2. The summed E-state index contributed by atoms with van der Waals surface area (Å²) < 4.78 is 0. The highest BCUT2D eigenvalue weighted by Crippen LogP contribution is 2.43. The van der Waals surface area contributed by atoms with Gasteiger partial charge in [0.05, 0.1) is 17.5 Å². The van der Waals surface area contributed by atoms with E-state index in [1.165, 1.54) is 0 Å². The molecule has 4 N–H and O–H groups in total. The Kier molecular flexibility index (Phi) is 7.26. The van der Waals surface area contributed by atoms with Crippen LogP contribution in [0.5, 0.6) is 5.75 Å². The molecule has 1 atom stereocenters. The summed E-state index contributed by atoms with van der Waals surface area (Å²) >= 11 is 0. The molecule has 2 aromatic heterocycles. The summed E-state index contributed by atoms with van der Waals surface area (Å²) in [6.07, 6.45) is 5.39. The molecule has 1 aliphatic rings. The van der Waals surface area contributed by atoms with Crippen molar-refractivity contribution in [2.75, 3.05) is 6.54 Å². The van der Waals surface area contributed by atoms with Crippen LogP contribution < -0.4 is 5.73 Å². The second-order valence-corrected chi connectivity index (χ2v) is 12.3. The monoisotopic (exact) mass is 572 g/mol. The summed E-state index contributed by atoms with van der Waals surface area (Å²) in [5, 5.41) is 12.2. The standard InChI is InChI=1S/C36H36N4O3/c1-35(2)23-36(34(37)43,21-25-7-4-3-5-8-25)16-18-40(35)32(41)19-24-11-13-26(14-12-24)28-9-6-10-29(33(28)42)31-20-27-22-38-17-15-30(27)39-31/h3-15,17,20,22,39,42H,16,18-19,21,23H2,1-2H3,(H2,37,43). The van der Waals surface area contributed by atoms with Crippen molar-refractivity contribution in [3.05, 3.63) is 108 Å². The molecule has 0 aliphatic carbocycles. The first-order valence-electron chi connectivity index (χ1n) is 14.6. The molecule has 7 heteroatoms. The van der Waals surface area contributed by atoms with E-state index >= 15 is 0 Å². The molecule has 1 saturated heterocycles. The van der Waals surface area contributed by atoms with Crippen LogP contribution >= 0.6 is 0 Å². The Morgan fingerprint density at radius 1 is 0.953 bits per heavy atom. The number of aromatic nitrogens is 2. The molecular weight excluding hydrogens is 536 g/mol. The number of piperidine rings is 1. The number of H-pyrrole nitrogens is 1. The number of benzene rings is 3. The number of carbonyl (C=O) groups is 2. The number of nitrogens with two attached hydrogens (primary N) is 1. The molecule has 218 valence electrons. The van der Waals surface area contributed by atoms with E-state index < -0.39 is 11.0 Å². The maximum atomic E-state index is 13.6. The summed E-state index contributed by atoms with van der Waals surface area (Å²) in [6, 6.07) is 27.3. The van der Waals surface area contributed by atoms with Crippen LogP contribution in [0.1, 0.15) is 37.8 Å². The molecule has 2 amide bonds. The van der Waals surface area contributed by atoms with Crippen LogP contribution in [0.15, 0.2) is 97.3 Å². The summed E-state index contributed by atoms with van der Waals surface area (Å²) in [4.78, 5) is 35.7. The molecule has 0 radical (unpaired) electrons. The van der Waals surface area contributed by atoms with Gasteiger partial charge in [0, 0.05) is 46.5 Å². The van der Waals surface area contributed by atoms with Crippen LogP contribution in [0.25, 0.3) is 33.3 Å². The lowest BCUT2D eigenvalue weighted by molar-refractivity contribution is -0.147. The predicted octanol–water partition coefficient (Wildman–Crippen LogP) is 6.26. The molecule has 1 unspecified atom stereocenters. The van der Waals surface area contributed by atoms with Crippen molar-refractivity contribution in [1.29, 1.82) is 0 Å². The van der Waals surface area contributed by atoms with Gasteiger partial charge in [-0.05, 0) is 68.0 Å². The lowest BCUT2D eigenvalue weighted by Crippen LogP contribution is -2.59. The van der Waals surface area contributed by atoms with Crippen molar-refractivity contribution in [3.63, 3.8) is 0 Å². The molecule has 5 aromatic rings. The minimum Gasteiger partial charge on any atom is -0.507 e. The molecule has 1 aliphatic heterocycles. The Balaban J connectivity index is 1.17. The molecule has 3 heterocycles. The lowest BCUT2D eigenvalue weighted by Gasteiger charge is -2.50. The second kappa shape index (κ2) is 11.1. The Bertz CT molecular complexity index is 1760. The van der Waals surface area contributed by atoms with Gasteiger partial charge in [-0.15, -0.1) is 0 Å². The smallest absolute Gasteiger partial charge is 0.227 e. The topological polar surface area (TPSA) is 112 Å². The first-order valence-corrected chi connectivity index (χ1v) is 14.6. The molecule has 0 spiro atoms. The number of phenolic OH excluding ortho intramolecular Hbond substituents is 1. The predicted molar refractivity (Wildman–Crippen MR) is 169 cm³/mol. The number of nitrogens with one attached hydrogen (secondary N) is 1. The number of pyridine rings is 1. The first-order chi connectivity index (χ1) is 20.6. The van der Waals surface area contributed by atoms with Gasteiger partial charge in [0.25, 0.3) is 0 Å². The minimum atomic E-state index is -0.691. The number of phenols is 1. The van der Waals surface area contributed by atoms with Crippen LogP contribution in [0, 0.1) is 5.41 Å². The van der Waals surface area contributed by atoms with Gasteiger partial charge >= 0.3 is 0 Å². The fraction of sp³-hybridized carbons (Fsp3) is 0.250. The number of rotatable bonds is 7. The molecule has 0 saturated carbocycles. The van der Waals surface area contributed by atoms with E-state index in [-0.39, 0.29) is 24.0 Å². The Labute approximate surface area is 251 Å². The SMILES string of the molecule is CC1(C)CC(Cc2ccccc2)(C(N)=O)CCN1C(=O)Cc1ccc(-c2cccc(-c3cc4cnccc4[nH]3)c2O)cc1. The molecule has 0 bridgehead atoms. The molecule has 1 fully saturated rings. The average molecular weight is 573 g/mol. The highest BCUT2D eigenvalue weighted by atomic mass is 16.3. The van der Waals surface area contributed by atoms with Crippen LogP contribution in [0.2, 0.25) is 0 Å². The third-order valence-electron chi connectivity index (χ3n) is 8.89. The number of hydrogen-bond donors (Lipinski definition) is 3. The minimum absolute atomic E-state index is 0.0219. The van der Waals surface area contributed by atoms with Crippen molar-refractivity contribution in [2.45, 2.75) is 45.1 Å². The van der Waals surface area contributed by atoms with Crippen LogP contribution in [0.4, 0.5) is 0 Å². The summed E-state index contributed by atoms with van der Waals surface area (Å²) in [5.74, 6) is -0.0935. The lowest BCUT2D eigenvalue weighted by atomic mass is 9.67. The van der Waals surface area contributed by atoms with Crippen LogP contribution in [-0.4, -0.2) is 43.9 Å². The quantitative estimate of drug-likeness (QED) is 0.214. The highest BCUT2D eigenvalue weighted by molar-refractivity contribution is 5.89. The van der Waals surface area contributed by atoms with Crippen molar-refractivity contribution >= 4 is 22.7 Å². The summed E-state index contributed by atoms with van der Waals surface area (Å²) in [6.45, 7) is 4.52. The number of nitrogens with zero attached hydrogens (tertiary/aromatic N) is 2. The average Bonchev–Trinajstić information content (AvgIpc) is 3.42. The van der Waals surface area contributed by atoms with Gasteiger partial charge in [-0.1, -0.05) is 66.7 Å². The van der Waals surface area contributed by atoms with Gasteiger partial charge in [0.1, 0.15) is 5.75 Å². The zero-order valence-electron chi connectivity index (χ0n) is 24.5. The van der Waals surface area contributed by atoms with Crippen LogP contribution in [-0.2, 0) is 22.4 Å². The maximum Gasteiger partial charge on any atom is 0.227 e. The number of primary amides is 1. The van der Waals surface area contributed by atoms with Crippen molar-refractivity contribution < 1.29 is 14.7 Å². The molecule has 3 aromatic carbocycles. The number of para-hydroxylation sites is 1. The van der Waals surface area contributed by atoms with Gasteiger partial charge in [-0.2, -0.15) is 0 Å². The number of likely N-dealkylation sites (tertiary alicyclic amines) is 1. The van der Waals surface area contributed by atoms with Gasteiger partial charge in [0.2, 0.25) is 11.8 Å². The number of aromatic amines is 1. The fourth-order valence-corrected chi connectivity index (χ4v) is 6.72. The Hall–Kier alpha value is -4.91. The van der Waals surface area contributed by atoms with E-state index in [0.717, 1.165) is 33.3 Å². The van der Waals surface area contributed by atoms with Gasteiger partial charge < -0.3 is 20.7 Å². The third-order valence-corrected chi connectivity index (χ3v) is 8.89. The number of fused-ring (bicyclic) bond motifs is 1. The Morgan fingerprint density at radius 3 is 2.40 bits per heavy atom. The Morgan fingerprint density at radius 2 is 1.70 bits per heavy atom. The van der Waals surface area contributed by atoms with E-state index in [2.05, 4.69) is 9.97 Å². The molecule has 43 heavy (non-hydrogen) atoms. The third kappa shape index (κ3) is 5.50. The molecular formula is C36H36N4O3. The van der Waals surface area contributed by atoms with E-state index in [9.17, 15) is 14.7 Å². The van der Waals surface area contributed by atoms with Crippen molar-refractivity contribution in [1.82, 2.24) is 14.9 Å². The van der Waals surface area contributed by atoms with E-state index in [1.54, 1.807) is 12.4 Å². The number of carbonyl (C=O) groups excluding carboxylic acids is 2. The largest absolute Gasteiger partial charge is 0.507 e. The zero-order valence-corrected chi connectivity index (χ0v) is 24.5. The van der Waals surface area contributed by atoms with Gasteiger partial charge in [-0.3, -0.25) is 14.6 Å². The molecule has 7 nitrogen and oxygen atoms in total. The normalized spacial score (nSPS) is 18.0. The number of amides is 2. The summed E-state index contributed by atoms with van der Waals surface area (Å²) in [7, 11) is 0. The van der Waals surface area contributed by atoms with Crippen molar-refractivity contribution in [2.24, 2.45) is 11.1 Å². The molecule has 6 rings (SSSR count). The van der Waals surface area contributed by atoms with Crippen molar-refractivity contribution in [3.8, 4) is 28.1 Å². The maximum absolute atomic E-state index is 13.6. The summed E-state index contributed by atoms with van der Waals surface area (Å²) in [5.41, 5.74) is 10.8. The van der Waals surface area contributed by atoms with Crippen LogP contribution in [0.3, 0.4) is 0 Å². The van der Waals surface area contributed by atoms with E-state index in [4.69, 9.17) is 5.73 Å².